The van der Waals surface area contributed by atoms with Gasteiger partial charge in [0.1, 0.15) is 12.1 Å². The zero-order chi connectivity index (χ0) is 95.7. The molecule has 9 N–H and O–H groups in total. The molecule has 3 radical (unpaired) electrons. The fourth-order valence-corrected chi connectivity index (χ4v) is 11.9. The first kappa shape index (κ1) is 137. The quantitative estimate of drug-likeness (QED) is 0.00178. The van der Waals surface area contributed by atoms with Crippen LogP contribution in [-0.2, 0) is 118 Å². The number of carbonyl (C=O) groups is 7. The smallest absolute Gasteiger partial charge is 1.00 e. The Morgan fingerprint density at radius 2 is 0.674 bits per heavy atom. The molecule has 739 valence electrons. The number of esters is 5. The minimum Gasteiger partial charge on any atom is -1.00 e. The number of carbonyl (C=O) groups excluding carboxylic acids is 7. The number of nitrogens with two attached hydrogens (primary N) is 2. The molecule has 0 bridgehead atoms. The molecule has 26 nitrogen and oxygen atoms in total. The van der Waals surface area contributed by atoms with Gasteiger partial charge in [-0.1, -0.05) is 195 Å². The number of likely N-dealkylation sites (N-methyl/N-ethyl adjacent to an activating group) is 2. The Balaban J connectivity index is -0.000000225. The van der Waals surface area contributed by atoms with Crippen molar-refractivity contribution in [2.24, 2.45) is 16.6 Å². The van der Waals surface area contributed by atoms with Gasteiger partial charge < -0.3 is 99.5 Å². The molecule has 3 unspecified atom stereocenters. The summed E-state index contributed by atoms with van der Waals surface area (Å²) in [6.07, 6.45) is 15.4. The minimum atomic E-state index is -1.08. The van der Waals surface area contributed by atoms with Crippen molar-refractivity contribution in [3.8, 4) is 0 Å². The van der Waals surface area contributed by atoms with Crippen molar-refractivity contribution in [1.29, 1.82) is 0 Å². The van der Waals surface area contributed by atoms with Crippen LogP contribution < -0.4 is 51.7 Å². The van der Waals surface area contributed by atoms with Gasteiger partial charge in [0.05, 0.1) is 45.7 Å². The maximum absolute atomic E-state index is 11.8. The molecule has 0 aliphatic carbocycles. The topological polar surface area (TPSA) is 334 Å². The average Bonchev–Trinajstić information content (AvgIpc) is 0.852. The molecule has 0 heterocycles. The number of nitrogens with one attached hydrogen (secondary N) is 2. The van der Waals surface area contributed by atoms with Crippen molar-refractivity contribution in [3.63, 3.8) is 0 Å². The fraction of sp³-hybridized carbons (Fsp3) is 0.500. The second-order valence-electron chi connectivity index (χ2n) is 30.9. The number of aliphatic hydroxyl groups is 2. The Morgan fingerprint density at radius 3 is 0.947 bits per heavy atom. The first-order chi connectivity index (χ1) is 60.8. The summed E-state index contributed by atoms with van der Waals surface area (Å²) in [4.78, 5) is 90.8. The van der Waals surface area contributed by atoms with Gasteiger partial charge in [0, 0.05) is 47.1 Å². The molecule has 132 heavy (non-hydrogen) atoms. The summed E-state index contributed by atoms with van der Waals surface area (Å²) >= 11 is 4.69. The first-order valence-electron chi connectivity index (χ1n) is 43.9. The van der Waals surface area contributed by atoms with E-state index in [1.165, 1.54) is 64.8 Å². The van der Waals surface area contributed by atoms with E-state index >= 15 is 0 Å². The molecule has 0 amide bonds. The number of hydrogen-bond donors (Lipinski definition) is 7. The second-order valence-corrected chi connectivity index (χ2v) is 31.2. The van der Waals surface area contributed by atoms with Crippen molar-refractivity contribution in [2.45, 2.75) is 150 Å². The molecular weight excluding hydrogens is 1790 g/mol. The zero-order valence-corrected chi connectivity index (χ0v) is 87.3. The third kappa shape index (κ3) is 69.1. The molecule has 0 aliphatic rings. The number of oxime groups is 1. The number of rotatable bonds is 45. The van der Waals surface area contributed by atoms with Gasteiger partial charge in [-0.05, 0) is 336 Å². The first-order valence-corrected chi connectivity index (χ1v) is 44.3. The molecule has 30 heteroatoms. The molecule has 0 spiro atoms. The van der Waals surface area contributed by atoms with Crippen LogP contribution in [0.4, 0.5) is 0 Å². The van der Waals surface area contributed by atoms with Crippen LogP contribution in [0.1, 0.15) is 178 Å². The van der Waals surface area contributed by atoms with Gasteiger partial charge in [-0.2, -0.15) is 0 Å². The van der Waals surface area contributed by atoms with Crippen molar-refractivity contribution in [3.05, 3.63) is 256 Å². The van der Waals surface area contributed by atoms with E-state index in [1.807, 2.05) is 109 Å². The van der Waals surface area contributed by atoms with E-state index in [9.17, 15) is 38.7 Å². The summed E-state index contributed by atoms with van der Waals surface area (Å²) in [6, 6.07) is 59.2. The van der Waals surface area contributed by atoms with E-state index < -0.39 is 35.0 Å². The largest absolute Gasteiger partial charge is 1.00 e. The molecule has 7 aromatic carbocycles. The number of ether oxygens (including phenoxy) is 5. The van der Waals surface area contributed by atoms with Crippen molar-refractivity contribution in [1.82, 2.24) is 40.0 Å². The summed E-state index contributed by atoms with van der Waals surface area (Å²) in [6.45, 7) is 17.4. The van der Waals surface area contributed by atoms with Gasteiger partial charge in [0.15, 0.2) is 5.71 Å². The third-order valence-corrected chi connectivity index (χ3v) is 18.8. The number of aryl methyl sites for hydroxylation is 7. The SMILES string of the molecule is C.CCOC(=O)/C(=N/O)c1ccc(CCCN(C)C)cc1.CCOC(=O)C(=O)Cl.CCOC(=O)C(=O)c1ccc(CCCN(C)C)cc1.CCOC(=O)C(N)c1ccc(CCCN(C)C)cc1.CCOC(=O)C(NC)c1ccc(CCCN(C)C)cc1.CN(C)CCCc1ccccc1.CNC(CO)c1ccc(CCCN(C)C)cc1.CO.NCCCc1ccccc1.[B].[CH3-].[H-].[Na+].[Pd]. The molecule has 0 saturated carbocycles. The van der Waals surface area contributed by atoms with Gasteiger partial charge in [-0.3, -0.25) is 9.59 Å². The van der Waals surface area contributed by atoms with Crippen LogP contribution >= 0.6 is 11.6 Å². The number of nitrogens with zero attached hydrogens (tertiary/aromatic N) is 7. The number of Topliss-reactive ketones (excluding diaryl/α,β-unsaturated/α-hetero) is 1. The molecule has 0 aromatic heterocycles. The van der Waals surface area contributed by atoms with Gasteiger partial charge in [-0.25, -0.2) is 24.0 Å². The maximum Gasteiger partial charge on any atom is 1.00 e. The molecule has 0 saturated heterocycles. The van der Waals surface area contributed by atoms with Gasteiger partial charge in [0.25, 0.3) is 5.78 Å². The van der Waals surface area contributed by atoms with Crippen LogP contribution in [0.3, 0.4) is 0 Å². The Bertz CT molecular complexity index is 4010. The number of ketones is 1. The Hall–Kier alpha value is -7.76. The monoisotopic (exact) mass is 1960 g/mol. The maximum atomic E-state index is 11.8. The van der Waals surface area contributed by atoms with Gasteiger partial charge >= 0.3 is 64.6 Å². The summed E-state index contributed by atoms with van der Waals surface area (Å²) in [7, 11) is 29.6. The van der Waals surface area contributed by atoms with Crippen LogP contribution in [0, 0.1) is 7.43 Å². The Kier molecular flexibility index (Phi) is 92.1. The third-order valence-electron chi connectivity index (χ3n) is 18.6. The molecule has 0 fully saturated rings. The van der Waals surface area contributed by atoms with E-state index in [0.717, 1.165) is 134 Å². The predicted octanol–water partition coefficient (Wildman–Crippen LogP) is 10.5. The molecular formula is C102H164BClN11NaO15Pd-. The van der Waals surface area contributed by atoms with E-state index in [0.29, 0.717) is 24.3 Å². The van der Waals surface area contributed by atoms with Crippen LogP contribution in [0.25, 0.3) is 0 Å². The summed E-state index contributed by atoms with van der Waals surface area (Å²) in [5.74, 6) is -3.58. The normalized spacial score (nSPS) is 10.9. The Labute approximate surface area is 838 Å². The minimum absolute atomic E-state index is 0. The van der Waals surface area contributed by atoms with E-state index in [4.69, 9.17) is 47.6 Å². The van der Waals surface area contributed by atoms with Crippen LogP contribution in [-0.4, -0.2) is 291 Å². The molecule has 7 aromatic rings. The summed E-state index contributed by atoms with van der Waals surface area (Å²) in [5, 5.41) is 33.2. The standard InChI is InChI=1S/C16H26N2O2.C15H22N2O3.C15H24N2O2.C15H21NO3.C14H24N2O.C11H17N.C9H13N.C4H5ClO3.CH4O.CH4.CH3.B.Na.Pd.H/c1-5-20-16(19)15(17-2)14-10-8-13(9-11-14)7-6-12-18(3)4;1-4-20-15(18)14(16-19)13-9-7-12(8-10-13)6-5-11-17(2)3;1-4-19-15(18)14(16)13-9-7-12(8-10-13)6-5-11-17(2)3;1-4-19-15(18)14(17)13-9-7-12(8-10-13)6-5-11-16(2)3;1-15-14(11-17)13-8-6-12(7-9-13)5-4-10-16(2)3;1-12(2)10-6-9-11-7-4-3-5-8-11;10-8-4-7-9-5-2-1-3-6-9;1-2-8-4(7)3(5)6;1-2;;;;;;/h8-11,15,17H,5-7,12H2,1-4H3;7-10,19H,4-6,11H2,1-3H3;7-10,14H,4-6,11,16H2,1-3H3;7-10H,4-6,11H2,1-3H3;6-9,14-15,17H,4-5,10-11H2,1-3H3;3-5,7-8H,6,9-10H2,1-2H3;1-3,5-6H,4,7-8,10H2;2H2,1H3;2H,1H3;1H4;1H3;;;;/q;;;;;;;;;;-1;;+1;;-1/b;16-14+;;;;;;;;;;;;;. The predicted molar refractivity (Wildman–Crippen MR) is 536 cm³/mol. The van der Waals surface area contributed by atoms with Crippen molar-refractivity contribution >= 4 is 66.6 Å². The zero-order valence-electron chi connectivity index (χ0n) is 83.9. The molecule has 0 aliphatic heterocycles. The van der Waals surface area contributed by atoms with Gasteiger partial charge in [-0.15, -0.1) is 0 Å². The van der Waals surface area contributed by atoms with Crippen LogP contribution in [0.2, 0.25) is 0 Å². The van der Waals surface area contributed by atoms with Crippen molar-refractivity contribution in [2.75, 3.05) is 191 Å². The van der Waals surface area contributed by atoms with Crippen LogP contribution in [0.15, 0.2) is 187 Å². The number of aliphatic hydroxyl groups excluding tert-OH is 2. The summed E-state index contributed by atoms with van der Waals surface area (Å²) in [5.41, 5.74) is 24.1. The molecule has 3 atom stereocenters. The second kappa shape index (κ2) is 88.5. The van der Waals surface area contributed by atoms with Crippen molar-refractivity contribution < 1.29 is 124 Å². The average molecular weight is 1960 g/mol. The van der Waals surface area contributed by atoms with E-state index in [2.05, 4.69) is 202 Å². The number of halogens is 1. The van der Waals surface area contributed by atoms with Gasteiger partial charge in [0.2, 0.25) is 0 Å². The van der Waals surface area contributed by atoms with E-state index in [1.54, 1.807) is 59.0 Å². The number of hydrogen-bond acceptors (Lipinski definition) is 26. The molecule has 7 rings (SSSR count). The van der Waals surface area contributed by atoms with Crippen LogP contribution in [0.5, 0.6) is 0 Å². The van der Waals surface area contributed by atoms with E-state index in [-0.39, 0.29) is 131 Å². The Morgan fingerprint density at radius 1 is 0.402 bits per heavy atom. The fourth-order valence-electron chi connectivity index (χ4n) is 11.8. The number of benzene rings is 7. The summed E-state index contributed by atoms with van der Waals surface area (Å²) < 4.78 is 23.7.